The van der Waals surface area contributed by atoms with E-state index in [1.165, 1.54) is 5.56 Å². The van der Waals surface area contributed by atoms with E-state index in [1.54, 1.807) is 6.07 Å². The fourth-order valence-corrected chi connectivity index (χ4v) is 2.49. The third-order valence-corrected chi connectivity index (χ3v) is 4.02. The standard InChI is InChI=1S/C21H19ClO2/c1-2-16-8-10-17(11-9-16)15-23-21-14-19(12-13-20(21)22)24-18-6-4-3-5-7-18/h3-14H,2,15H2,1H3. The van der Waals surface area contributed by atoms with Crippen molar-refractivity contribution in [3.63, 3.8) is 0 Å². The van der Waals surface area contributed by atoms with Gasteiger partial charge in [-0.05, 0) is 41.8 Å². The molecule has 2 nitrogen and oxygen atoms in total. The number of rotatable bonds is 6. The fourth-order valence-electron chi connectivity index (χ4n) is 2.31. The summed E-state index contributed by atoms with van der Waals surface area (Å²) in [6.45, 7) is 2.61. The first-order chi connectivity index (χ1) is 11.7. The highest BCUT2D eigenvalue weighted by molar-refractivity contribution is 6.32. The third-order valence-electron chi connectivity index (χ3n) is 3.71. The first-order valence-corrected chi connectivity index (χ1v) is 8.35. The lowest BCUT2D eigenvalue weighted by Crippen LogP contribution is -1.97. The van der Waals surface area contributed by atoms with Crippen LogP contribution < -0.4 is 9.47 Å². The van der Waals surface area contributed by atoms with Crippen LogP contribution in [0, 0.1) is 0 Å². The highest BCUT2D eigenvalue weighted by Crippen LogP contribution is 2.32. The maximum atomic E-state index is 6.23. The van der Waals surface area contributed by atoms with Gasteiger partial charge in [0.1, 0.15) is 23.9 Å². The van der Waals surface area contributed by atoms with Gasteiger partial charge in [0.25, 0.3) is 0 Å². The van der Waals surface area contributed by atoms with Crippen molar-refractivity contribution in [1.82, 2.24) is 0 Å². The second-order valence-corrected chi connectivity index (χ2v) is 5.87. The molecule has 0 atom stereocenters. The van der Waals surface area contributed by atoms with Crippen LogP contribution in [0.3, 0.4) is 0 Å². The number of ether oxygens (including phenoxy) is 2. The molecule has 0 N–H and O–H groups in total. The van der Waals surface area contributed by atoms with Crippen molar-refractivity contribution in [1.29, 1.82) is 0 Å². The Morgan fingerprint density at radius 3 is 2.21 bits per heavy atom. The van der Waals surface area contributed by atoms with E-state index in [9.17, 15) is 0 Å². The van der Waals surface area contributed by atoms with Crippen LogP contribution in [0.25, 0.3) is 0 Å². The zero-order valence-corrected chi connectivity index (χ0v) is 14.3. The molecule has 0 saturated carbocycles. The molecule has 0 fully saturated rings. The van der Waals surface area contributed by atoms with Crippen LogP contribution in [0.5, 0.6) is 17.2 Å². The molecule has 0 radical (unpaired) electrons. The summed E-state index contributed by atoms with van der Waals surface area (Å²) in [6.07, 6.45) is 1.03. The van der Waals surface area contributed by atoms with Crippen molar-refractivity contribution in [2.45, 2.75) is 20.0 Å². The van der Waals surface area contributed by atoms with Crippen molar-refractivity contribution >= 4 is 11.6 Å². The van der Waals surface area contributed by atoms with Crippen LogP contribution in [-0.2, 0) is 13.0 Å². The predicted molar refractivity (Wildman–Crippen MR) is 98.1 cm³/mol. The van der Waals surface area contributed by atoms with E-state index < -0.39 is 0 Å². The first-order valence-electron chi connectivity index (χ1n) is 7.97. The lowest BCUT2D eigenvalue weighted by molar-refractivity contribution is 0.305. The van der Waals surface area contributed by atoms with Crippen LogP contribution in [0.4, 0.5) is 0 Å². The second kappa shape index (κ2) is 7.89. The zero-order chi connectivity index (χ0) is 16.8. The second-order valence-electron chi connectivity index (χ2n) is 5.47. The summed E-state index contributed by atoms with van der Waals surface area (Å²) in [5.74, 6) is 2.09. The molecular weight excluding hydrogens is 320 g/mol. The first kappa shape index (κ1) is 16.4. The molecule has 0 unspecified atom stereocenters. The Balaban J connectivity index is 1.69. The summed E-state index contributed by atoms with van der Waals surface area (Å²) in [6, 6.07) is 23.5. The van der Waals surface area contributed by atoms with Crippen LogP contribution in [0.1, 0.15) is 18.1 Å². The summed E-state index contributed by atoms with van der Waals surface area (Å²) in [4.78, 5) is 0. The monoisotopic (exact) mass is 338 g/mol. The molecule has 0 aliphatic heterocycles. The predicted octanol–water partition coefficient (Wildman–Crippen LogP) is 6.27. The summed E-state index contributed by atoms with van der Waals surface area (Å²) < 4.78 is 11.7. The van der Waals surface area contributed by atoms with Gasteiger partial charge in [-0.3, -0.25) is 0 Å². The molecular formula is C21H19ClO2. The Hall–Kier alpha value is -2.45. The van der Waals surface area contributed by atoms with Crippen molar-refractivity contribution in [2.75, 3.05) is 0 Å². The molecule has 0 saturated heterocycles. The highest BCUT2D eigenvalue weighted by Gasteiger charge is 2.06. The minimum Gasteiger partial charge on any atom is -0.487 e. The number of benzene rings is 3. The summed E-state index contributed by atoms with van der Waals surface area (Å²) >= 11 is 6.23. The average Bonchev–Trinajstić information content (AvgIpc) is 2.63. The largest absolute Gasteiger partial charge is 0.487 e. The molecule has 122 valence electrons. The molecule has 0 bridgehead atoms. The summed E-state index contributed by atoms with van der Waals surface area (Å²) in [7, 11) is 0. The summed E-state index contributed by atoms with van der Waals surface area (Å²) in [5, 5.41) is 0.570. The van der Waals surface area contributed by atoms with Crippen LogP contribution in [0.15, 0.2) is 72.8 Å². The van der Waals surface area contributed by atoms with Crippen molar-refractivity contribution in [2.24, 2.45) is 0 Å². The van der Waals surface area contributed by atoms with Crippen LogP contribution in [-0.4, -0.2) is 0 Å². The molecule has 3 rings (SSSR count). The number of hydrogen-bond donors (Lipinski definition) is 0. The van der Waals surface area contributed by atoms with Crippen LogP contribution in [0.2, 0.25) is 5.02 Å². The van der Waals surface area contributed by atoms with Crippen LogP contribution >= 0.6 is 11.6 Å². The van der Waals surface area contributed by atoms with Gasteiger partial charge in [0.15, 0.2) is 0 Å². The molecule has 0 spiro atoms. The van der Waals surface area contributed by atoms with E-state index >= 15 is 0 Å². The lowest BCUT2D eigenvalue weighted by atomic mass is 10.1. The molecule has 0 aliphatic rings. The molecule has 0 amide bonds. The van der Waals surface area contributed by atoms with E-state index in [-0.39, 0.29) is 0 Å². The topological polar surface area (TPSA) is 18.5 Å². The minimum absolute atomic E-state index is 0.471. The Labute approximate surface area is 147 Å². The Kier molecular flexibility index (Phi) is 5.39. The maximum Gasteiger partial charge on any atom is 0.142 e. The Morgan fingerprint density at radius 1 is 0.792 bits per heavy atom. The van der Waals surface area contributed by atoms with Gasteiger partial charge in [-0.15, -0.1) is 0 Å². The van der Waals surface area contributed by atoms with Gasteiger partial charge in [0.2, 0.25) is 0 Å². The van der Waals surface area contributed by atoms with Gasteiger partial charge in [0.05, 0.1) is 5.02 Å². The highest BCUT2D eigenvalue weighted by atomic mass is 35.5. The number of hydrogen-bond acceptors (Lipinski definition) is 2. The summed E-state index contributed by atoms with van der Waals surface area (Å²) in [5.41, 5.74) is 2.42. The van der Waals surface area contributed by atoms with Gasteiger partial charge in [-0.2, -0.15) is 0 Å². The number of halogens is 1. The van der Waals surface area contributed by atoms with Gasteiger partial charge in [-0.25, -0.2) is 0 Å². The molecule has 3 aromatic rings. The number of para-hydroxylation sites is 1. The fraction of sp³-hybridized carbons (Fsp3) is 0.143. The van der Waals surface area contributed by atoms with Gasteiger partial charge in [-0.1, -0.05) is 61.0 Å². The normalized spacial score (nSPS) is 10.4. The average molecular weight is 339 g/mol. The van der Waals surface area contributed by atoms with Gasteiger partial charge in [0, 0.05) is 6.07 Å². The smallest absolute Gasteiger partial charge is 0.142 e. The molecule has 3 heteroatoms. The molecule has 0 heterocycles. The zero-order valence-electron chi connectivity index (χ0n) is 13.5. The Bertz CT molecular complexity index is 783. The molecule has 0 aromatic heterocycles. The Morgan fingerprint density at radius 2 is 1.50 bits per heavy atom. The SMILES string of the molecule is CCc1ccc(COc2cc(Oc3ccccc3)ccc2Cl)cc1. The van der Waals surface area contributed by atoms with E-state index in [0.29, 0.717) is 23.1 Å². The lowest BCUT2D eigenvalue weighted by Gasteiger charge is -2.11. The van der Waals surface area contributed by atoms with E-state index in [4.69, 9.17) is 21.1 Å². The van der Waals surface area contributed by atoms with Crippen molar-refractivity contribution in [3.8, 4) is 17.2 Å². The molecule has 0 aliphatic carbocycles. The van der Waals surface area contributed by atoms with Crippen molar-refractivity contribution in [3.05, 3.63) is 88.9 Å². The van der Waals surface area contributed by atoms with E-state index in [1.807, 2.05) is 42.5 Å². The molecule has 3 aromatic carbocycles. The third kappa shape index (κ3) is 4.30. The van der Waals surface area contributed by atoms with Crippen molar-refractivity contribution < 1.29 is 9.47 Å². The maximum absolute atomic E-state index is 6.23. The minimum atomic E-state index is 0.471. The van der Waals surface area contributed by atoms with E-state index in [0.717, 1.165) is 17.7 Å². The van der Waals surface area contributed by atoms with E-state index in [2.05, 4.69) is 31.2 Å². The van der Waals surface area contributed by atoms with Gasteiger partial charge >= 0.3 is 0 Å². The quantitative estimate of drug-likeness (QED) is 0.527. The molecule has 24 heavy (non-hydrogen) atoms. The number of aryl methyl sites for hydroxylation is 1. The van der Waals surface area contributed by atoms with Gasteiger partial charge < -0.3 is 9.47 Å².